The number of nitrogens with two attached hydrogens (primary N) is 1. The standard InChI is InChI=1S/C17H14N4O2S/c1-19-10-14(12-6-4-3-5-7-12)13-8-9-15-20-16(18)17(21(15)11-13)24(2,22)23/h3-11H,18H2,2H3. The first-order valence-corrected chi connectivity index (χ1v) is 8.91. The molecule has 0 aliphatic rings. The van der Waals surface area contributed by atoms with Gasteiger partial charge in [-0.15, -0.1) is 0 Å². The SMILES string of the molecule is [C-]#[N+]C=C(c1ccccc1)c1ccc2nc(N)c(S(C)(=O)=O)n2c1. The predicted octanol–water partition coefficient (Wildman–Crippen LogP) is 2.63. The van der Waals surface area contributed by atoms with Crippen LogP contribution in [0.3, 0.4) is 0 Å². The minimum atomic E-state index is -3.54. The monoisotopic (exact) mass is 338 g/mol. The Kier molecular flexibility index (Phi) is 3.83. The van der Waals surface area contributed by atoms with Crippen LogP contribution in [-0.2, 0) is 9.84 Å². The zero-order valence-electron chi connectivity index (χ0n) is 12.8. The van der Waals surface area contributed by atoms with Crippen molar-refractivity contribution in [3.05, 3.63) is 77.4 Å². The second-order valence-corrected chi connectivity index (χ2v) is 7.19. The second-order valence-electron chi connectivity index (χ2n) is 5.26. The molecular formula is C17H14N4O2S. The molecule has 0 aliphatic carbocycles. The molecule has 2 aromatic heterocycles. The molecule has 0 saturated carbocycles. The number of rotatable bonds is 3. The zero-order valence-corrected chi connectivity index (χ0v) is 13.7. The topological polar surface area (TPSA) is 81.8 Å². The van der Waals surface area contributed by atoms with Gasteiger partial charge in [0.05, 0.1) is 6.57 Å². The number of aromatic nitrogens is 2. The van der Waals surface area contributed by atoms with Crippen LogP contribution in [0.2, 0.25) is 0 Å². The van der Waals surface area contributed by atoms with E-state index in [4.69, 9.17) is 12.3 Å². The average Bonchev–Trinajstić information content (AvgIpc) is 2.88. The van der Waals surface area contributed by atoms with E-state index in [1.54, 1.807) is 18.3 Å². The number of anilines is 1. The molecular weight excluding hydrogens is 324 g/mol. The van der Waals surface area contributed by atoms with Gasteiger partial charge in [-0.1, -0.05) is 36.4 Å². The molecule has 2 N–H and O–H groups in total. The maximum absolute atomic E-state index is 12.0. The Morgan fingerprint density at radius 1 is 1.21 bits per heavy atom. The molecule has 24 heavy (non-hydrogen) atoms. The molecule has 0 amide bonds. The molecule has 2 heterocycles. The largest absolute Gasteiger partial charge is 0.381 e. The number of hydrogen-bond acceptors (Lipinski definition) is 4. The number of nitrogen functional groups attached to an aromatic ring is 1. The fourth-order valence-electron chi connectivity index (χ4n) is 2.57. The lowest BCUT2D eigenvalue weighted by Crippen LogP contribution is -2.05. The van der Waals surface area contributed by atoms with Gasteiger partial charge < -0.3 is 5.73 Å². The third-order valence-corrected chi connectivity index (χ3v) is 4.65. The first-order chi connectivity index (χ1) is 11.4. The Bertz CT molecular complexity index is 1090. The van der Waals surface area contributed by atoms with Gasteiger partial charge in [0.15, 0.2) is 26.9 Å². The van der Waals surface area contributed by atoms with E-state index in [9.17, 15) is 8.42 Å². The normalized spacial score (nSPS) is 12.2. The number of imidazole rings is 1. The Balaban J connectivity index is 2.27. The summed E-state index contributed by atoms with van der Waals surface area (Å²) in [5, 5.41) is -0.0467. The first-order valence-electron chi connectivity index (χ1n) is 7.02. The van der Waals surface area contributed by atoms with E-state index < -0.39 is 9.84 Å². The number of nitrogens with zero attached hydrogens (tertiary/aromatic N) is 3. The lowest BCUT2D eigenvalue weighted by molar-refractivity contribution is 0.597. The molecule has 3 rings (SSSR count). The van der Waals surface area contributed by atoms with E-state index in [1.165, 1.54) is 10.6 Å². The molecule has 0 atom stereocenters. The van der Waals surface area contributed by atoms with Crippen molar-refractivity contribution in [1.82, 2.24) is 9.38 Å². The lowest BCUT2D eigenvalue weighted by Gasteiger charge is -2.09. The number of fused-ring (bicyclic) bond motifs is 1. The second kappa shape index (κ2) is 5.83. The van der Waals surface area contributed by atoms with Crippen LogP contribution in [0.4, 0.5) is 5.82 Å². The Morgan fingerprint density at radius 2 is 1.92 bits per heavy atom. The lowest BCUT2D eigenvalue weighted by atomic mass is 10.0. The van der Waals surface area contributed by atoms with Crippen molar-refractivity contribution in [3.8, 4) is 0 Å². The van der Waals surface area contributed by atoms with Crippen molar-refractivity contribution < 1.29 is 8.42 Å². The van der Waals surface area contributed by atoms with Crippen molar-refractivity contribution >= 4 is 26.9 Å². The quantitative estimate of drug-likeness (QED) is 0.744. The maximum atomic E-state index is 12.0. The van der Waals surface area contributed by atoms with E-state index in [2.05, 4.69) is 9.83 Å². The van der Waals surface area contributed by atoms with Crippen molar-refractivity contribution in [1.29, 1.82) is 0 Å². The van der Waals surface area contributed by atoms with Gasteiger partial charge in [0.2, 0.25) is 0 Å². The summed E-state index contributed by atoms with van der Waals surface area (Å²) in [4.78, 5) is 7.45. The highest BCUT2D eigenvalue weighted by molar-refractivity contribution is 7.90. The summed E-state index contributed by atoms with van der Waals surface area (Å²) in [6.45, 7) is 7.15. The van der Waals surface area contributed by atoms with Gasteiger partial charge in [0, 0.05) is 12.5 Å². The molecule has 1 aromatic carbocycles. The number of benzene rings is 1. The van der Waals surface area contributed by atoms with Crippen LogP contribution in [0.15, 0.2) is 59.9 Å². The molecule has 7 heteroatoms. The molecule has 0 spiro atoms. The maximum Gasteiger partial charge on any atom is 0.195 e. The molecule has 6 nitrogen and oxygen atoms in total. The number of hydrogen-bond donors (Lipinski definition) is 1. The summed E-state index contributed by atoms with van der Waals surface area (Å²) in [6, 6.07) is 12.9. The molecule has 0 radical (unpaired) electrons. The number of pyridine rings is 1. The van der Waals surface area contributed by atoms with E-state index in [0.29, 0.717) is 16.8 Å². The molecule has 0 fully saturated rings. The smallest absolute Gasteiger partial charge is 0.195 e. The highest BCUT2D eigenvalue weighted by atomic mass is 32.2. The summed E-state index contributed by atoms with van der Waals surface area (Å²) in [5.41, 5.74) is 8.46. The van der Waals surface area contributed by atoms with Gasteiger partial charge in [0.1, 0.15) is 5.65 Å². The van der Waals surface area contributed by atoms with Crippen LogP contribution in [0.5, 0.6) is 0 Å². The number of sulfone groups is 1. The third kappa shape index (κ3) is 2.75. The van der Waals surface area contributed by atoms with Crippen LogP contribution in [0.1, 0.15) is 11.1 Å². The Hall–Kier alpha value is -3.11. The van der Waals surface area contributed by atoms with Crippen molar-refractivity contribution in [3.63, 3.8) is 0 Å². The summed E-state index contributed by atoms with van der Waals surface area (Å²) >= 11 is 0. The van der Waals surface area contributed by atoms with Crippen molar-refractivity contribution in [2.24, 2.45) is 0 Å². The fraction of sp³-hybridized carbons (Fsp3) is 0.0588. The molecule has 0 saturated heterocycles. The molecule has 0 aliphatic heterocycles. The van der Waals surface area contributed by atoms with Gasteiger partial charge in [-0.05, 0) is 22.8 Å². The summed E-state index contributed by atoms with van der Waals surface area (Å²) in [6.07, 6.45) is 4.14. The van der Waals surface area contributed by atoms with Crippen LogP contribution < -0.4 is 5.73 Å². The highest BCUT2D eigenvalue weighted by Crippen LogP contribution is 2.27. The minimum Gasteiger partial charge on any atom is -0.381 e. The zero-order chi connectivity index (χ0) is 17.3. The van der Waals surface area contributed by atoms with Gasteiger partial charge in [0.25, 0.3) is 0 Å². The van der Waals surface area contributed by atoms with E-state index in [0.717, 1.165) is 11.8 Å². The van der Waals surface area contributed by atoms with Gasteiger partial charge in [-0.3, -0.25) is 4.40 Å². The van der Waals surface area contributed by atoms with Crippen molar-refractivity contribution in [2.45, 2.75) is 5.03 Å². The fourth-order valence-corrected chi connectivity index (χ4v) is 3.50. The Morgan fingerprint density at radius 3 is 2.54 bits per heavy atom. The third-order valence-electron chi connectivity index (χ3n) is 3.54. The Labute approximate surface area is 139 Å². The van der Waals surface area contributed by atoms with Crippen LogP contribution in [0, 0.1) is 6.57 Å². The summed E-state index contributed by atoms with van der Waals surface area (Å²) in [7, 11) is -3.54. The summed E-state index contributed by atoms with van der Waals surface area (Å²) < 4.78 is 25.4. The highest BCUT2D eigenvalue weighted by Gasteiger charge is 2.20. The van der Waals surface area contributed by atoms with Gasteiger partial charge >= 0.3 is 0 Å². The van der Waals surface area contributed by atoms with Gasteiger partial charge in [-0.25, -0.2) is 18.2 Å². The van der Waals surface area contributed by atoms with Crippen LogP contribution in [-0.4, -0.2) is 24.1 Å². The van der Waals surface area contributed by atoms with Crippen molar-refractivity contribution in [2.75, 3.05) is 12.0 Å². The molecule has 0 bridgehead atoms. The van der Waals surface area contributed by atoms with E-state index in [-0.39, 0.29) is 10.8 Å². The van der Waals surface area contributed by atoms with Crippen LogP contribution in [0.25, 0.3) is 16.1 Å². The van der Waals surface area contributed by atoms with E-state index in [1.807, 2.05) is 30.3 Å². The molecule has 0 unspecified atom stereocenters. The molecule has 120 valence electrons. The van der Waals surface area contributed by atoms with Gasteiger partial charge in [-0.2, -0.15) is 0 Å². The minimum absolute atomic E-state index is 0.0370. The average molecular weight is 338 g/mol. The predicted molar refractivity (Wildman–Crippen MR) is 92.8 cm³/mol. The first kappa shape index (κ1) is 15.8. The summed E-state index contributed by atoms with van der Waals surface area (Å²) in [5.74, 6) is -0.0370. The van der Waals surface area contributed by atoms with E-state index >= 15 is 0 Å². The van der Waals surface area contributed by atoms with Crippen LogP contribution >= 0.6 is 0 Å². The molecule has 3 aromatic rings.